The fourth-order valence-electron chi connectivity index (χ4n) is 2.90. The average molecular weight is 319 g/mol. The van der Waals surface area contributed by atoms with E-state index in [1.54, 1.807) is 0 Å². The minimum Gasteiger partial charge on any atom is -0.395 e. The highest BCUT2D eigenvalue weighted by Crippen LogP contribution is 2.13. The summed E-state index contributed by atoms with van der Waals surface area (Å²) in [4.78, 5) is 6.79. The quantitative estimate of drug-likeness (QED) is 0.510. The number of nitrogens with zero attached hydrogens (tertiary/aromatic N) is 2. The monoisotopic (exact) mass is 318 g/mol. The fraction of sp³-hybridized carbons (Fsp3) is 0.941. The Morgan fingerprint density at radius 3 is 2.10 bits per heavy atom. The molecule has 0 aliphatic carbocycles. The molecule has 0 atom stereocenters. The molecule has 0 saturated heterocycles. The molecule has 0 fully saturated rings. The van der Waals surface area contributed by atoms with Crippen molar-refractivity contribution in [2.45, 2.75) is 77.6 Å². The second kappa shape index (κ2) is 14.6. The lowest BCUT2D eigenvalue weighted by Gasteiger charge is -2.18. The summed E-state index contributed by atoms with van der Waals surface area (Å²) < 4.78 is 0. The van der Waals surface area contributed by atoms with Gasteiger partial charge >= 0.3 is 0 Å². The highest BCUT2D eigenvalue weighted by molar-refractivity contribution is 5.85. The zero-order valence-electron chi connectivity index (χ0n) is 13.9. The summed E-state index contributed by atoms with van der Waals surface area (Å²) in [5, 5.41) is 8.99. The minimum atomic E-state index is 0. The van der Waals surface area contributed by atoms with E-state index in [2.05, 4.69) is 16.8 Å². The first-order valence-corrected chi connectivity index (χ1v) is 8.77. The third kappa shape index (κ3) is 10.1. The number of unbranched alkanes of at least 4 members (excludes halogenated alkanes) is 9. The van der Waals surface area contributed by atoms with E-state index in [4.69, 9.17) is 5.11 Å². The van der Waals surface area contributed by atoms with E-state index in [0.717, 1.165) is 26.1 Å². The van der Waals surface area contributed by atoms with Crippen molar-refractivity contribution >= 4 is 18.2 Å². The summed E-state index contributed by atoms with van der Waals surface area (Å²) in [7, 11) is 0. The topological polar surface area (TPSA) is 35.8 Å². The number of hydrogen-bond donors (Lipinski definition) is 1. The Hall–Kier alpha value is -0.280. The van der Waals surface area contributed by atoms with Crippen LogP contribution in [-0.4, -0.2) is 42.1 Å². The third-order valence-electron chi connectivity index (χ3n) is 4.15. The van der Waals surface area contributed by atoms with Gasteiger partial charge in [0, 0.05) is 19.5 Å². The average Bonchev–Trinajstić information content (AvgIpc) is 2.89. The number of aliphatic hydroxyl groups excluding tert-OH is 1. The van der Waals surface area contributed by atoms with Crippen LogP contribution in [0.25, 0.3) is 0 Å². The number of hydrogen-bond acceptors (Lipinski definition) is 3. The van der Waals surface area contributed by atoms with Gasteiger partial charge in [-0.2, -0.15) is 0 Å². The molecule has 1 aliphatic rings. The number of rotatable bonds is 13. The molecule has 1 aliphatic heterocycles. The van der Waals surface area contributed by atoms with E-state index in [-0.39, 0.29) is 19.0 Å². The largest absolute Gasteiger partial charge is 0.395 e. The van der Waals surface area contributed by atoms with Crippen LogP contribution in [0.5, 0.6) is 0 Å². The smallest absolute Gasteiger partial charge is 0.0991 e. The molecular formula is C17H35ClN2O. The van der Waals surface area contributed by atoms with E-state index in [1.165, 1.54) is 70.0 Å². The zero-order chi connectivity index (χ0) is 14.5. The third-order valence-corrected chi connectivity index (χ3v) is 4.15. The lowest BCUT2D eigenvalue weighted by atomic mass is 10.1. The fourth-order valence-corrected chi connectivity index (χ4v) is 2.90. The molecule has 0 aromatic carbocycles. The van der Waals surface area contributed by atoms with Crippen molar-refractivity contribution < 1.29 is 5.11 Å². The van der Waals surface area contributed by atoms with Gasteiger partial charge in [0.15, 0.2) is 0 Å². The summed E-state index contributed by atoms with van der Waals surface area (Å²) in [6.45, 7) is 5.21. The van der Waals surface area contributed by atoms with Gasteiger partial charge in [0.1, 0.15) is 0 Å². The Bertz CT molecular complexity index is 259. The van der Waals surface area contributed by atoms with Crippen molar-refractivity contribution in [1.29, 1.82) is 0 Å². The van der Waals surface area contributed by atoms with Crippen molar-refractivity contribution in [2.24, 2.45) is 4.99 Å². The zero-order valence-corrected chi connectivity index (χ0v) is 14.7. The molecule has 4 heteroatoms. The summed E-state index contributed by atoms with van der Waals surface area (Å²) in [6, 6.07) is 0. The first kappa shape index (κ1) is 20.7. The molecule has 1 heterocycles. The molecule has 0 unspecified atom stereocenters. The van der Waals surface area contributed by atoms with Gasteiger partial charge in [-0.3, -0.25) is 4.99 Å². The van der Waals surface area contributed by atoms with Gasteiger partial charge in [0.05, 0.1) is 19.0 Å². The SMILES string of the molecule is CCCCCCCCCCCCC1=NCCN1CCO.Cl. The number of β-amino-alcohol motifs (C(OH)–C–C–N with tert-alkyl or cyclic N) is 1. The van der Waals surface area contributed by atoms with Gasteiger partial charge in [-0.25, -0.2) is 0 Å². The van der Waals surface area contributed by atoms with Crippen molar-refractivity contribution in [3.8, 4) is 0 Å². The molecule has 1 rings (SSSR count). The standard InChI is InChI=1S/C17H34N2O.ClH/c1-2-3-4-5-6-7-8-9-10-11-12-17-18-13-14-19(17)15-16-20;/h20H,2-16H2,1H3;1H. The molecule has 0 saturated carbocycles. The van der Waals surface area contributed by atoms with Crippen LogP contribution in [0.3, 0.4) is 0 Å². The summed E-state index contributed by atoms with van der Waals surface area (Å²) >= 11 is 0. The van der Waals surface area contributed by atoms with Crippen LogP contribution in [-0.2, 0) is 0 Å². The van der Waals surface area contributed by atoms with Crippen molar-refractivity contribution in [3.05, 3.63) is 0 Å². The Labute approximate surface area is 137 Å². The van der Waals surface area contributed by atoms with E-state index in [1.807, 2.05) is 0 Å². The predicted molar refractivity (Wildman–Crippen MR) is 94.7 cm³/mol. The molecule has 0 bridgehead atoms. The first-order chi connectivity index (χ1) is 9.88. The maximum absolute atomic E-state index is 8.99. The maximum atomic E-state index is 8.99. The predicted octanol–water partition coefficient (Wildman–Crippen LogP) is 4.43. The molecule has 0 radical (unpaired) electrons. The highest BCUT2D eigenvalue weighted by Gasteiger charge is 2.14. The summed E-state index contributed by atoms with van der Waals surface area (Å²) in [5.41, 5.74) is 0. The first-order valence-electron chi connectivity index (χ1n) is 8.77. The highest BCUT2D eigenvalue weighted by atomic mass is 35.5. The lowest BCUT2D eigenvalue weighted by Crippen LogP contribution is -2.30. The number of aliphatic hydroxyl groups is 1. The lowest BCUT2D eigenvalue weighted by molar-refractivity contribution is 0.255. The van der Waals surface area contributed by atoms with E-state index in [0.29, 0.717) is 0 Å². The van der Waals surface area contributed by atoms with Gasteiger partial charge < -0.3 is 10.0 Å². The molecule has 0 aromatic heterocycles. The summed E-state index contributed by atoms with van der Waals surface area (Å²) in [5.74, 6) is 1.23. The van der Waals surface area contributed by atoms with Gasteiger partial charge in [-0.1, -0.05) is 64.7 Å². The molecule has 126 valence electrons. The van der Waals surface area contributed by atoms with Crippen LogP contribution in [0.4, 0.5) is 0 Å². The Kier molecular flexibility index (Phi) is 14.5. The van der Waals surface area contributed by atoms with Gasteiger partial charge in [-0.15, -0.1) is 12.4 Å². The molecular weight excluding hydrogens is 284 g/mol. The van der Waals surface area contributed by atoms with Gasteiger partial charge in [-0.05, 0) is 6.42 Å². The Balaban J connectivity index is 0.00000400. The number of halogens is 1. The van der Waals surface area contributed by atoms with Crippen LogP contribution in [0, 0.1) is 0 Å². The second-order valence-electron chi connectivity index (χ2n) is 5.94. The maximum Gasteiger partial charge on any atom is 0.0991 e. The van der Waals surface area contributed by atoms with Crippen LogP contribution < -0.4 is 0 Å². The number of amidine groups is 1. The second-order valence-corrected chi connectivity index (χ2v) is 5.94. The molecule has 0 amide bonds. The van der Waals surface area contributed by atoms with Crippen LogP contribution >= 0.6 is 12.4 Å². The van der Waals surface area contributed by atoms with E-state index < -0.39 is 0 Å². The van der Waals surface area contributed by atoms with Gasteiger partial charge in [0.25, 0.3) is 0 Å². The van der Waals surface area contributed by atoms with Crippen LogP contribution in [0.2, 0.25) is 0 Å². The van der Waals surface area contributed by atoms with Crippen LogP contribution in [0.1, 0.15) is 77.6 Å². The van der Waals surface area contributed by atoms with Crippen molar-refractivity contribution in [1.82, 2.24) is 4.90 Å². The normalized spacial score (nSPS) is 14.2. The molecule has 1 N–H and O–H groups in total. The van der Waals surface area contributed by atoms with Crippen molar-refractivity contribution in [2.75, 3.05) is 26.2 Å². The number of aliphatic imine (C=N–C) groups is 1. The van der Waals surface area contributed by atoms with E-state index in [9.17, 15) is 0 Å². The summed E-state index contributed by atoms with van der Waals surface area (Å²) in [6.07, 6.45) is 14.9. The van der Waals surface area contributed by atoms with E-state index >= 15 is 0 Å². The molecule has 0 spiro atoms. The minimum absolute atomic E-state index is 0. The van der Waals surface area contributed by atoms with Gasteiger partial charge in [0.2, 0.25) is 0 Å². The molecule has 3 nitrogen and oxygen atoms in total. The Morgan fingerprint density at radius 2 is 1.52 bits per heavy atom. The molecule has 0 aromatic rings. The molecule has 21 heavy (non-hydrogen) atoms. The Morgan fingerprint density at radius 1 is 0.952 bits per heavy atom. The van der Waals surface area contributed by atoms with Crippen molar-refractivity contribution in [3.63, 3.8) is 0 Å². The van der Waals surface area contributed by atoms with Crippen LogP contribution in [0.15, 0.2) is 4.99 Å².